The van der Waals surface area contributed by atoms with Crippen LogP contribution in [0.3, 0.4) is 0 Å². The highest BCUT2D eigenvalue weighted by Gasteiger charge is 2.01. The van der Waals surface area contributed by atoms with Crippen molar-refractivity contribution >= 4 is 33.9 Å². The van der Waals surface area contributed by atoms with Gasteiger partial charge in [0.2, 0.25) is 5.91 Å². The summed E-state index contributed by atoms with van der Waals surface area (Å²) < 4.78 is 10.2. The van der Waals surface area contributed by atoms with Gasteiger partial charge in [-0.05, 0) is 34.1 Å². The van der Waals surface area contributed by atoms with Crippen LogP contribution >= 0.6 is 15.9 Å². The monoisotopic (exact) mass is 301 g/mol. The topological polar surface area (TPSA) is 68.5 Å². The van der Waals surface area contributed by atoms with Gasteiger partial charge in [-0.2, -0.15) is 0 Å². The molecule has 0 bridgehead atoms. The zero-order chi connectivity index (χ0) is 12.7. The van der Waals surface area contributed by atoms with Crippen LogP contribution in [0.2, 0.25) is 0 Å². The molecular weight excluding hydrogens is 290 g/mol. The minimum Gasteiger partial charge on any atom is -0.469 e. The molecule has 1 aromatic rings. The van der Waals surface area contributed by atoms with E-state index < -0.39 is 0 Å². The second-order valence-corrected chi connectivity index (χ2v) is 3.87. The van der Waals surface area contributed by atoms with Crippen LogP contribution in [-0.4, -0.2) is 25.5 Å². The predicted octanol–water partition coefficient (Wildman–Crippen LogP) is 1.73. The molecule has 1 aromatic heterocycles. The van der Waals surface area contributed by atoms with E-state index in [1.54, 1.807) is 12.1 Å². The van der Waals surface area contributed by atoms with E-state index in [0.717, 1.165) is 0 Å². The van der Waals surface area contributed by atoms with Crippen molar-refractivity contribution in [3.63, 3.8) is 0 Å². The molecule has 6 heteroatoms. The van der Waals surface area contributed by atoms with Crippen molar-refractivity contribution in [3.05, 3.63) is 28.6 Å². The molecule has 0 saturated heterocycles. The quantitative estimate of drug-likeness (QED) is 0.664. The van der Waals surface area contributed by atoms with Crippen LogP contribution in [0.4, 0.5) is 0 Å². The number of ether oxygens (including phenoxy) is 1. The zero-order valence-electron chi connectivity index (χ0n) is 9.23. The van der Waals surface area contributed by atoms with Crippen LogP contribution < -0.4 is 5.32 Å². The SMILES string of the molecule is COC(=O)CCNC(=O)C=Cc1ccc(Br)o1. The number of hydrogen-bond acceptors (Lipinski definition) is 4. The van der Waals surface area contributed by atoms with Gasteiger partial charge in [0, 0.05) is 12.6 Å². The molecule has 0 radical (unpaired) electrons. The number of nitrogens with one attached hydrogen (secondary N) is 1. The zero-order valence-corrected chi connectivity index (χ0v) is 10.8. The second kappa shape index (κ2) is 6.90. The number of hydrogen-bond donors (Lipinski definition) is 1. The van der Waals surface area contributed by atoms with Crippen molar-refractivity contribution in [2.45, 2.75) is 6.42 Å². The Bertz CT molecular complexity index is 425. The number of carbonyl (C=O) groups excluding carboxylic acids is 2. The summed E-state index contributed by atoms with van der Waals surface area (Å²) >= 11 is 3.15. The molecule has 0 aromatic carbocycles. The Balaban J connectivity index is 2.30. The Hall–Kier alpha value is -1.56. The molecule has 1 rings (SSSR count). The van der Waals surface area contributed by atoms with Crippen LogP contribution in [0.25, 0.3) is 6.08 Å². The lowest BCUT2D eigenvalue weighted by atomic mass is 10.3. The third kappa shape index (κ3) is 5.35. The fourth-order valence-corrected chi connectivity index (χ4v) is 1.34. The van der Waals surface area contributed by atoms with Crippen LogP contribution in [0.5, 0.6) is 0 Å². The highest BCUT2D eigenvalue weighted by atomic mass is 79.9. The molecule has 0 fully saturated rings. The fraction of sp³-hybridized carbons (Fsp3) is 0.273. The number of furan rings is 1. The molecular formula is C11H12BrNO4. The van der Waals surface area contributed by atoms with Gasteiger partial charge in [-0.15, -0.1) is 0 Å². The summed E-state index contributed by atoms with van der Waals surface area (Å²) in [5.74, 6) is -0.0781. The largest absolute Gasteiger partial charge is 0.469 e. The van der Waals surface area contributed by atoms with Gasteiger partial charge in [-0.1, -0.05) is 0 Å². The summed E-state index contributed by atoms with van der Waals surface area (Å²) in [6.07, 6.45) is 3.03. The molecule has 0 aliphatic rings. The van der Waals surface area contributed by atoms with E-state index in [0.29, 0.717) is 10.4 Å². The molecule has 0 unspecified atom stereocenters. The smallest absolute Gasteiger partial charge is 0.307 e. The van der Waals surface area contributed by atoms with Gasteiger partial charge < -0.3 is 14.5 Å². The summed E-state index contributed by atoms with van der Waals surface area (Å²) in [5.41, 5.74) is 0. The van der Waals surface area contributed by atoms with Crippen LogP contribution in [0, 0.1) is 0 Å². The lowest BCUT2D eigenvalue weighted by molar-refractivity contribution is -0.140. The van der Waals surface area contributed by atoms with Crippen LogP contribution in [-0.2, 0) is 14.3 Å². The van der Waals surface area contributed by atoms with Gasteiger partial charge in [-0.25, -0.2) is 0 Å². The van der Waals surface area contributed by atoms with Gasteiger partial charge in [0.05, 0.1) is 13.5 Å². The highest BCUT2D eigenvalue weighted by molar-refractivity contribution is 9.10. The van der Waals surface area contributed by atoms with Gasteiger partial charge >= 0.3 is 5.97 Å². The number of halogens is 1. The standard InChI is InChI=1S/C11H12BrNO4/c1-16-11(15)6-7-13-10(14)5-3-8-2-4-9(12)17-8/h2-5H,6-7H2,1H3,(H,13,14). The average molecular weight is 302 g/mol. The molecule has 5 nitrogen and oxygen atoms in total. The predicted molar refractivity (Wildman–Crippen MR) is 65.1 cm³/mol. The maximum atomic E-state index is 11.3. The van der Waals surface area contributed by atoms with Crippen LogP contribution in [0.15, 0.2) is 27.3 Å². The van der Waals surface area contributed by atoms with E-state index in [4.69, 9.17) is 4.42 Å². The van der Waals surface area contributed by atoms with E-state index in [2.05, 4.69) is 26.0 Å². The number of esters is 1. The third-order valence-electron chi connectivity index (χ3n) is 1.85. The molecule has 0 saturated carbocycles. The second-order valence-electron chi connectivity index (χ2n) is 3.09. The maximum absolute atomic E-state index is 11.3. The van der Waals surface area contributed by atoms with E-state index in [1.165, 1.54) is 19.3 Å². The third-order valence-corrected chi connectivity index (χ3v) is 2.28. The molecule has 0 aliphatic carbocycles. The molecule has 1 amide bonds. The molecule has 92 valence electrons. The maximum Gasteiger partial charge on any atom is 0.307 e. The number of rotatable bonds is 5. The summed E-state index contributed by atoms with van der Waals surface area (Å²) in [4.78, 5) is 22.1. The van der Waals surface area contributed by atoms with Crippen molar-refractivity contribution in [3.8, 4) is 0 Å². The molecule has 17 heavy (non-hydrogen) atoms. The summed E-state index contributed by atoms with van der Waals surface area (Å²) in [6, 6.07) is 3.46. The van der Waals surface area contributed by atoms with E-state index in [-0.39, 0.29) is 24.8 Å². The summed E-state index contributed by atoms with van der Waals surface area (Å²) in [6.45, 7) is 0.248. The van der Waals surface area contributed by atoms with E-state index in [1.807, 2.05) is 0 Å². The number of carbonyl (C=O) groups is 2. The molecule has 1 N–H and O–H groups in total. The van der Waals surface area contributed by atoms with Crippen molar-refractivity contribution in [1.82, 2.24) is 5.32 Å². The molecule has 0 spiro atoms. The Morgan fingerprint density at radius 3 is 2.88 bits per heavy atom. The minimum atomic E-state index is -0.357. The van der Waals surface area contributed by atoms with E-state index in [9.17, 15) is 9.59 Å². The summed E-state index contributed by atoms with van der Waals surface area (Å²) in [7, 11) is 1.30. The van der Waals surface area contributed by atoms with Gasteiger partial charge in [0.15, 0.2) is 4.67 Å². The average Bonchev–Trinajstić information content (AvgIpc) is 2.72. The normalized spacial score (nSPS) is 10.5. The Kier molecular flexibility index (Phi) is 5.48. The molecule has 0 atom stereocenters. The van der Waals surface area contributed by atoms with Crippen molar-refractivity contribution in [1.29, 1.82) is 0 Å². The van der Waals surface area contributed by atoms with Gasteiger partial charge in [-0.3, -0.25) is 9.59 Å². The summed E-state index contributed by atoms with van der Waals surface area (Å²) in [5, 5.41) is 2.54. The Labute approximate surface area is 107 Å². The first-order chi connectivity index (χ1) is 8.11. The highest BCUT2D eigenvalue weighted by Crippen LogP contribution is 2.14. The van der Waals surface area contributed by atoms with Crippen molar-refractivity contribution in [2.24, 2.45) is 0 Å². The van der Waals surface area contributed by atoms with Crippen molar-refractivity contribution in [2.75, 3.05) is 13.7 Å². The van der Waals surface area contributed by atoms with Gasteiger partial charge in [0.25, 0.3) is 0 Å². The first kappa shape index (κ1) is 13.5. The van der Waals surface area contributed by atoms with Gasteiger partial charge in [0.1, 0.15) is 5.76 Å². The first-order valence-electron chi connectivity index (χ1n) is 4.90. The lowest BCUT2D eigenvalue weighted by Crippen LogP contribution is -2.24. The van der Waals surface area contributed by atoms with E-state index >= 15 is 0 Å². The molecule has 0 aliphatic heterocycles. The van der Waals surface area contributed by atoms with Crippen LogP contribution in [0.1, 0.15) is 12.2 Å². The lowest BCUT2D eigenvalue weighted by Gasteiger charge is -2.00. The van der Waals surface area contributed by atoms with Crippen molar-refractivity contribution < 1.29 is 18.7 Å². The Morgan fingerprint density at radius 1 is 1.53 bits per heavy atom. The Morgan fingerprint density at radius 2 is 2.29 bits per heavy atom. The molecule has 1 heterocycles. The number of methoxy groups -OCH3 is 1. The minimum absolute atomic E-state index is 0.155. The first-order valence-corrected chi connectivity index (χ1v) is 5.69. The fourth-order valence-electron chi connectivity index (χ4n) is 1.02. The number of amides is 1.